The van der Waals surface area contributed by atoms with Gasteiger partial charge in [-0.1, -0.05) is 0 Å². The number of nitrogens with zero attached hydrogens (tertiary/aromatic N) is 2. The summed E-state index contributed by atoms with van der Waals surface area (Å²) < 4.78 is 28.4. The van der Waals surface area contributed by atoms with E-state index in [2.05, 4.69) is 15.7 Å². The van der Waals surface area contributed by atoms with Crippen LogP contribution < -0.4 is 4.72 Å². The van der Waals surface area contributed by atoms with Crippen LogP contribution in [0, 0.1) is 26.2 Å². The van der Waals surface area contributed by atoms with Crippen molar-refractivity contribution in [1.29, 1.82) is 0 Å². The molecule has 0 aliphatic heterocycles. The average molecular weight is 313 g/mol. The van der Waals surface area contributed by atoms with Crippen LogP contribution >= 0.6 is 0 Å². The summed E-state index contributed by atoms with van der Waals surface area (Å²) in [4.78, 5) is 10.7. The van der Waals surface area contributed by atoms with Gasteiger partial charge in [-0.25, -0.2) is 13.1 Å². The monoisotopic (exact) mass is 313 g/mol. The van der Waals surface area contributed by atoms with Crippen molar-refractivity contribution in [2.24, 2.45) is 0 Å². The third-order valence-electron chi connectivity index (χ3n) is 2.91. The first kappa shape index (κ1) is 17.2. The van der Waals surface area contributed by atoms with Gasteiger partial charge >= 0.3 is 5.97 Å². The number of aromatic nitrogens is 2. The zero-order chi connectivity index (χ0) is 16.0. The number of carboxylic acid groups (broad SMARTS) is 1. The van der Waals surface area contributed by atoms with Crippen LogP contribution in [0.1, 0.15) is 30.7 Å². The third kappa shape index (κ3) is 4.58. The molecule has 0 saturated heterocycles. The second-order valence-electron chi connectivity index (χ2n) is 4.57. The lowest BCUT2D eigenvalue weighted by molar-refractivity contribution is -0.137. The number of aryl methyl sites for hydroxylation is 2. The molecule has 1 aromatic rings. The van der Waals surface area contributed by atoms with E-state index < -0.39 is 16.0 Å². The van der Waals surface area contributed by atoms with Crippen molar-refractivity contribution < 1.29 is 18.3 Å². The number of unbranched alkanes of at least 4 members (excludes halogenated alkanes) is 1. The molecular formula is C13H19N3O4S. The number of sulfonamides is 1. The third-order valence-corrected chi connectivity index (χ3v) is 4.62. The van der Waals surface area contributed by atoms with Crippen molar-refractivity contribution in [2.45, 2.75) is 44.6 Å². The molecule has 0 amide bonds. The maximum atomic E-state index is 12.3. The van der Waals surface area contributed by atoms with Gasteiger partial charge in [0, 0.05) is 13.0 Å². The molecule has 0 radical (unpaired) electrons. The topological polar surface area (TPSA) is 101 Å². The van der Waals surface area contributed by atoms with E-state index in [4.69, 9.17) is 11.5 Å². The molecule has 0 aliphatic rings. The first-order valence-electron chi connectivity index (χ1n) is 6.48. The van der Waals surface area contributed by atoms with E-state index in [1.54, 1.807) is 13.8 Å². The van der Waals surface area contributed by atoms with Crippen molar-refractivity contribution in [3.63, 3.8) is 0 Å². The fourth-order valence-corrected chi connectivity index (χ4v) is 3.44. The van der Waals surface area contributed by atoms with E-state index >= 15 is 0 Å². The van der Waals surface area contributed by atoms with Crippen LogP contribution in [0.3, 0.4) is 0 Å². The predicted octanol–water partition coefficient (Wildman–Crippen LogP) is 0.666. The Morgan fingerprint density at radius 2 is 2.14 bits per heavy atom. The molecule has 0 fully saturated rings. The first-order valence-corrected chi connectivity index (χ1v) is 7.97. The fourth-order valence-electron chi connectivity index (χ4n) is 1.96. The lowest BCUT2D eigenvalue weighted by atomic mass is 10.3. The Balaban J connectivity index is 2.91. The number of hydrogen-bond acceptors (Lipinski definition) is 4. The van der Waals surface area contributed by atoms with E-state index in [0.717, 1.165) is 0 Å². The Bertz CT molecular complexity index is 656. The van der Waals surface area contributed by atoms with E-state index in [1.807, 2.05) is 0 Å². The molecule has 2 N–H and O–H groups in total. The largest absolute Gasteiger partial charge is 0.481 e. The number of terminal acetylenes is 1. The molecule has 116 valence electrons. The zero-order valence-corrected chi connectivity index (χ0v) is 12.9. The summed E-state index contributed by atoms with van der Waals surface area (Å²) in [5.41, 5.74) is 0.778. The average Bonchev–Trinajstić information content (AvgIpc) is 2.67. The van der Waals surface area contributed by atoms with Gasteiger partial charge in [-0.2, -0.15) is 5.10 Å². The maximum absolute atomic E-state index is 12.3. The van der Waals surface area contributed by atoms with Crippen LogP contribution in [0.15, 0.2) is 4.90 Å². The molecule has 0 spiro atoms. The predicted molar refractivity (Wildman–Crippen MR) is 77.2 cm³/mol. The Labute approximate surface area is 124 Å². The Morgan fingerprint density at radius 3 is 2.71 bits per heavy atom. The van der Waals surface area contributed by atoms with Crippen molar-refractivity contribution in [3.8, 4) is 12.3 Å². The van der Waals surface area contributed by atoms with Crippen LogP contribution in [0.4, 0.5) is 0 Å². The smallest absolute Gasteiger partial charge is 0.305 e. The van der Waals surface area contributed by atoms with Crippen molar-refractivity contribution in [3.05, 3.63) is 11.4 Å². The van der Waals surface area contributed by atoms with Gasteiger partial charge < -0.3 is 5.11 Å². The summed E-state index contributed by atoms with van der Waals surface area (Å²) in [5.74, 6) is 1.48. The molecule has 1 rings (SSSR count). The van der Waals surface area contributed by atoms with Gasteiger partial charge in [-0.3, -0.25) is 9.48 Å². The number of rotatable bonds is 8. The second-order valence-corrected chi connectivity index (χ2v) is 6.28. The SMILES string of the molecule is C#CCCCNS(=O)(=O)c1c(C)nn(CCC(=O)O)c1C. The molecular weight excluding hydrogens is 294 g/mol. The standard InChI is InChI=1S/C13H19N3O4S/c1-4-5-6-8-14-21(19,20)13-10(2)15-16(11(13)3)9-7-12(17)18/h1,14H,5-9H2,2-3H3,(H,17,18). The van der Waals surface area contributed by atoms with Gasteiger partial charge in [0.15, 0.2) is 0 Å². The maximum Gasteiger partial charge on any atom is 0.305 e. The first-order chi connectivity index (χ1) is 9.79. The Kier molecular flexibility index (Phi) is 5.93. The molecule has 1 heterocycles. The van der Waals surface area contributed by atoms with E-state index in [0.29, 0.717) is 24.2 Å². The zero-order valence-electron chi connectivity index (χ0n) is 12.1. The van der Waals surface area contributed by atoms with Crippen molar-refractivity contribution in [1.82, 2.24) is 14.5 Å². The fraction of sp³-hybridized carbons (Fsp3) is 0.538. The van der Waals surface area contributed by atoms with E-state index in [-0.39, 0.29) is 24.4 Å². The summed E-state index contributed by atoms with van der Waals surface area (Å²) >= 11 is 0. The minimum absolute atomic E-state index is 0.105. The highest BCUT2D eigenvalue weighted by atomic mass is 32.2. The minimum atomic E-state index is -3.67. The summed E-state index contributed by atoms with van der Waals surface area (Å²) in [7, 11) is -3.67. The minimum Gasteiger partial charge on any atom is -0.481 e. The summed E-state index contributed by atoms with van der Waals surface area (Å²) in [5, 5.41) is 12.8. The molecule has 0 aromatic carbocycles. The number of carboxylic acids is 1. The molecule has 0 bridgehead atoms. The number of nitrogens with one attached hydrogen (secondary N) is 1. The van der Waals surface area contributed by atoms with Crippen LogP contribution in [0.2, 0.25) is 0 Å². The number of hydrogen-bond donors (Lipinski definition) is 2. The van der Waals surface area contributed by atoms with Crippen molar-refractivity contribution in [2.75, 3.05) is 6.54 Å². The molecule has 8 heteroatoms. The van der Waals surface area contributed by atoms with Gasteiger partial charge in [-0.15, -0.1) is 12.3 Å². The van der Waals surface area contributed by atoms with Gasteiger partial charge in [0.25, 0.3) is 0 Å². The van der Waals surface area contributed by atoms with E-state index in [9.17, 15) is 13.2 Å². The van der Waals surface area contributed by atoms with E-state index in [1.165, 1.54) is 4.68 Å². The molecule has 7 nitrogen and oxygen atoms in total. The highest BCUT2D eigenvalue weighted by Crippen LogP contribution is 2.19. The van der Waals surface area contributed by atoms with Crippen LogP contribution in [0.25, 0.3) is 0 Å². The summed E-state index contributed by atoms with van der Waals surface area (Å²) in [6, 6.07) is 0. The lowest BCUT2D eigenvalue weighted by Gasteiger charge is -2.07. The summed E-state index contributed by atoms with van der Waals surface area (Å²) in [6.45, 7) is 3.58. The quantitative estimate of drug-likeness (QED) is 0.542. The second kappa shape index (κ2) is 7.24. The normalized spacial score (nSPS) is 11.3. The Morgan fingerprint density at radius 1 is 1.48 bits per heavy atom. The van der Waals surface area contributed by atoms with Crippen LogP contribution in [-0.2, 0) is 21.4 Å². The number of aliphatic carboxylic acids is 1. The molecule has 0 aliphatic carbocycles. The highest BCUT2D eigenvalue weighted by Gasteiger charge is 2.24. The molecule has 1 aromatic heterocycles. The Hall–Kier alpha value is -1.85. The molecule has 0 saturated carbocycles. The summed E-state index contributed by atoms with van der Waals surface area (Å²) in [6.07, 6.45) is 6.05. The van der Waals surface area contributed by atoms with Crippen LogP contribution in [0.5, 0.6) is 0 Å². The molecule has 21 heavy (non-hydrogen) atoms. The van der Waals surface area contributed by atoms with Gasteiger partial charge in [-0.05, 0) is 20.3 Å². The van der Waals surface area contributed by atoms with Crippen molar-refractivity contribution >= 4 is 16.0 Å². The van der Waals surface area contributed by atoms with Gasteiger partial charge in [0.1, 0.15) is 4.90 Å². The number of carbonyl (C=O) groups is 1. The highest BCUT2D eigenvalue weighted by molar-refractivity contribution is 7.89. The molecule has 0 unspecified atom stereocenters. The van der Waals surface area contributed by atoms with Crippen LogP contribution in [-0.4, -0.2) is 35.8 Å². The van der Waals surface area contributed by atoms with Gasteiger partial charge in [0.2, 0.25) is 10.0 Å². The lowest BCUT2D eigenvalue weighted by Crippen LogP contribution is -2.25. The molecule has 0 atom stereocenters. The van der Waals surface area contributed by atoms with Gasteiger partial charge in [0.05, 0.1) is 24.4 Å².